The zero-order chi connectivity index (χ0) is 17.7. The van der Waals surface area contributed by atoms with Crippen LogP contribution in [0.1, 0.15) is 32.8 Å². The minimum Gasteiger partial charge on any atom is -0.442 e. The molecule has 0 aromatic heterocycles. The van der Waals surface area contributed by atoms with Crippen LogP contribution in [0.2, 0.25) is 0 Å². The van der Waals surface area contributed by atoms with Crippen LogP contribution in [0.15, 0.2) is 24.3 Å². The molecule has 0 saturated heterocycles. The molecule has 0 saturated carbocycles. The highest BCUT2D eigenvalue weighted by Crippen LogP contribution is 2.19. The van der Waals surface area contributed by atoms with E-state index >= 15 is 0 Å². The summed E-state index contributed by atoms with van der Waals surface area (Å²) in [6, 6.07) is 6.62. The van der Waals surface area contributed by atoms with Crippen LogP contribution < -0.4 is 16.1 Å². The lowest BCUT2D eigenvalue weighted by molar-refractivity contribution is -0.151. The van der Waals surface area contributed by atoms with Crippen molar-refractivity contribution in [3.63, 3.8) is 0 Å². The van der Waals surface area contributed by atoms with Gasteiger partial charge in [0.1, 0.15) is 11.6 Å². The summed E-state index contributed by atoms with van der Waals surface area (Å²) in [5.41, 5.74) is 2.90. The number of nitrogens with one attached hydrogen (secondary N) is 3. The Morgan fingerprint density at radius 3 is 2.71 bits per heavy atom. The summed E-state index contributed by atoms with van der Waals surface area (Å²) in [6.07, 6.45) is -1.12. The average Bonchev–Trinajstić information content (AvgIpc) is 2.64. The molecule has 130 valence electrons. The Bertz CT molecular complexity index is 639. The maximum atomic E-state index is 12.1. The minimum absolute atomic E-state index is 0.240. The average molecular weight is 335 g/mol. The van der Waals surface area contributed by atoms with E-state index in [1.807, 2.05) is 29.7 Å². The number of para-hydroxylation sites is 1. The van der Waals surface area contributed by atoms with E-state index in [0.29, 0.717) is 6.54 Å². The summed E-state index contributed by atoms with van der Waals surface area (Å²) < 4.78 is 4.94. The van der Waals surface area contributed by atoms with Crippen LogP contribution in [0.3, 0.4) is 0 Å². The molecule has 2 amide bonds. The van der Waals surface area contributed by atoms with E-state index in [1.165, 1.54) is 0 Å². The van der Waals surface area contributed by atoms with E-state index in [4.69, 9.17) is 4.74 Å². The smallest absolute Gasteiger partial charge is 0.441 e. The zero-order valence-electron chi connectivity index (χ0n) is 13.8. The molecule has 2 rings (SSSR count). The quantitative estimate of drug-likeness (QED) is 0.707. The molecule has 1 aromatic rings. The van der Waals surface area contributed by atoms with E-state index < -0.39 is 23.7 Å². The lowest BCUT2D eigenvalue weighted by Gasteiger charge is -2.19. The van der Waals surface area contributed by atoms with Crippen LogP contribution in [0.4, 0.5) is 10.5 Å². The van der Waals surface area contributed by atoms with Gasteiger partial charge in [-0.25, -0.2) is 9.59 Å². The van der Waals surface area contributed by atoms with Crippen molar-refractivity contribution < 1.29 is 24.0 Å². The van der Waals surface area contributed by atoms with Crippen LogP contribution in [0.25, 0.3) is 0 Å². The van der Waals surface area contributed by atoms with Crippen molar-refractivity contribution in [1.29, 1.82) is 0 Å². The second-order valence-electron chi connectivity index (χ2n) is 6.35. The van der Waals surface area contributed by atoms with Crippen LogP contribution in [-0.2, 0) is 25.7 Å². The van der Waals surface area contributed by atoms with Gasteiger partial charge in [-0.3, -0.25) is 4.79 Å². The van der Waals surface area contributed by atoms with Crippen LogP contribution in [0.5, 0.6) is 0 Å². The molecule has 3 N–H and O–H groups in total. The first-order valence-electron chi connectivity index (χ1n) is 7.55. The highest BCUT2D eigenvalue weighted by Gasteiger charge is 2.26. The molecule has 1 atom stereocenters. The van der Waals surface area contributed by atoms with Gasteiger partial charge >= 0.3 is 12.1 Å². The topological polar surface area (TPSA) is 106 Å². The Kier molecular flexibility index (Phi) is 5.28. The molecule has 1 heterocycles. The summed E-state index contributed by atoms with van der Waals surface area (Å²) in [5, 5.41) is 5.74. The van der Waals surface area contributed by atoms with E-state index in [0.717, 1.165) is 11.3 Å². The second-order valence-corrected chi connectivity index (χ2v) is 6.35. The van der Waals surface area contributed by atoms with Crippen molar-refractivity contribution >= 4 is 23.7 Å². The molecule has 8 heteroatoms. The Morgan fingerprint density at radius 1 is 1.29 bits per heavy atom. The Hall–Kier alpha value is -2.77. The minimum atomic E-state index is -0.875. The largest absolute Gasteiger partial charge is 0.442 e. The first-order chi connectivity index (χ1) is 11.2. The molecule has 1 aromatic carbocycles. The third-order valence-corrected chi connectivity index (χ3v) is 3.13. The van der Waals surface area contributed by atoms with Gasteiger partial charge in [-0.05, 0) is 32.4 Å². The summed E-state index contributed by atoms with van der Waals surface area (Å²) in [7, 11) is 0. The SMILES string of the molecule is CC(C)(C)OC(=O)NOC(=O)CC1Nc2ccccc2CNC1=O. The monoisotopic (exact) mass is 335 g/mol. The van der Waals surface area contributed by atoms with Crippen LogP contribution in [-0.4, -0.2) is 29.6 Å². The van der Waals surface area contributed by atoms with Gasteiger partial charge < -0.3 is 20.2 Å². The zero-order valence-corrected chi connectivity index (χ0v) is 13.8. The maximum absolute atomic E-state index is 12.1. The summed E-state index contributed by atoms with van der Waals surface area (Å²) in [4.78, 5) is 40.0. The van der Waals surface area contributed by atoms with Gasteiger partial charge in [0.15, 0.2) is 0 Å². The normalized spacial score (nSPS) is 16.8. The van der Waals surface area contributed by atoms with Gasteiger partial charge in [-0.1, -0.05) is 18.2 Å². The number of fused-ring (bicyclic) bond motifs is 1. The van der Waals surface area contributed by atoms with Crippen molar-refractivity contribution in [2.24, 2.45) is 0 Å². The fraction of sp³-hybridized carbons (Fsp3) is 0.438. The van der Waals surface area contributed by atoms with Crippen molar-refractivity contribution in [2.45, 2.75) is 45.4 Å². The van der Waals surface area contributed by atoms with Gasteiger partial charge in [-0.2, -0.15) is 0 Å². The molecule has 0 aliphatic carbocycles. The number of rotatable bonds is 2. The maximum Gasteiger partial charge on any atom is 0.441 e. The summed E-state index contributed by atoms with van der Waals surface area (Å²) in [6.45, 7) is 5.44. The third kappa shape index (κ3) is 5.15. The number of carbonyl (C=O) groups is 3. The molecule has 24 heavy (non-hydrogen) atoms. The van der Waals surface area contributed by atoms with E-state index in [-0.39, 0.29) is 12.3 Å². The first kappa shape index (κ1) is 17.6. The fourth-order valence-electron chi connectivity index (χ4n) is 2.12. The fourth-order valence-corrected chi connectivity index (χ4v) is 2.12. The lowest BCUT2D eigenvalue weighted by Crippen LogP contribution is -2.40. The molecule has 0 bridgehead atoms. The number of hydrogen-bond donors (Lipinski definition) is 3. The Balaban J connectivity index is 1.89. The molecule has 1 aliphatic heterocycles. The molecule has 0 spiro atoms. The number of carbonyl (C=O) groups excluding carboxylic acids is 3. The second kappa shape index (κ2) is 7.20. The number of hydrogen-bond acceptors (Lipinski definition) is 6. The predicted octanol–water partition coefficient (Wildman–Crippen LogP) is 1.47. The van der Waals surface area contributed by atoms with E-state index in [9.17, 15) is 14.4 Å². The molecular weight excluding hydrogens is 314 g/mol. The van der Waals surface area contributed by atoms with Crippen molar-refractivity contribution in [3.05, 3.63) is 29.8 Å². The molecule has 8 nitrogen and oxygen atoms in total. The third-order valence-electron chi connectivity index (χ3n) is 3.13. The summed E-state index contributed by atoms with van der Waals surface area (Å²) in [5.74, 6) is -1.08. The summed E-state index contributed by atoms with van der Waals surface area (Å²) >= 11 is 0. The highest BCUT2D eigenvalue weighted by molar-refractivity contribution is 5.90. The molecule has 1 unspecified atom stereocenters. The van der Waals surface area contributed by atoms with Crippen molar-refractivity contribution in [2.75, 3.05) is 5.32 Å². The highest BCUT2D eigenvalue weighted by atomic mass is 16.7. The molecule has 0 fully saturated rings. The van der Waals surface area contributed by atoms with E-state index in [2.05, 4.69) is 15.5 Å². The first-order valence-corrected chi connectivity index (χ1v) is 7.55. The molecule has 1 aliphatic rings. The van der Waals surface area contributed by atoms with Crippen LogP contribution >= 0.6 is 0 Å². The van der Waals surface area contributed by atoms with Crippen LogP contribution in [0, 0.1) is 0 Å². The van der Waals surface area contributed by atoms with Gasteiger partial charge in [0.25, 0.3) is 0 Å². The lowest BCUT2D eigenvalue weighted by atomic mass is 10.1. The number of benzene rings is 1. The van der Waals surface area contributed by atoms with Gasteiger partial charge in [0, 0.05) is 12.2 Å². The predicted molar refractivity (Wildman–Crippen MR) is 85.8 cm³/mol. The standard InChI is InChI=1S/C16H21N3O5/c1-16(2,3)23-15(22)19-24-13(20)8-12-14(21)17-9-10-6-4-5-7-11(10)18-12/h4-7,12,18H,8-9H2,1-3H3,(H,17,21)(H,19,22). The van der Waals surface area contributed by atoms with Gasteiger partial charge in [0.05, 0.1) is 6.42 Å². The number of hydroxylamine groups is 1. The van der Waals surface area contributed by atoms with Crippen molar-refractivity contribution in [3.8, 4) is 0 Å². The Morgan fingerprint density at radius 2 is 2.00 bits per heavy atom. The number of anilines is 1. The molecular formula is C16H21N3O5. The number of amides is 2. The van der Waals surface area contributed by atoms with Gasteiger partial charge in [0.2, 0.25) is 5.91 Å². The Labute approximate surface area is 139 Å². The number of ether oxygens (including phenoxy) is 1. The van der Waals surface area contributed by atoms with Crippen molar-refractivity contribution in [1.82, 2.24) is 10.8 Å². The molecule has 0 radical (unpaired) electrons. The van der Waals surface area contributed by atoms with Gasteiger partial charge in [-0.15, -0.1) is 5.48 Å². The van der Waals surface area contributed by atoms with E-state index in [1.54, 1.807) is 20.8 Å².